The van der Waals surface area contributed by atoms with Crippen LogP contribution in [-0.2, 0) is 11.3 Å². The van der Waals surface area contributed by atoms with Gasteiger partial charge in [0.1, 0.15) is 0 Å². The minimum Gasteiger partial charge on any atom is -0.392 e. The van der Waals surface area contributed by atoms with Crippen molar-refractivity contribution >= 4 is 5.91 Å². The lowest BCUT2D eigenvalue weighted by atomic mass is 10.3. The quantitative estimate of drug-likeness (QED) is 0.757. The molecule has 0 saturated carbocycles. The summed E-state index contributed by atoms with van der Waals surface area (Å²) in [6, 6.07) is 1.63. The summed E-state index contributed by atoms with van der Waals surface area (Å²) >= 11 is 0. The average Bonchev–Trinajstić information content (AvgIpc) is 2.85. The summed E-state index contributed by atoms with van der Waals surface area (Å²) in [5.41, 5.74) is 0.240. The Bertz CT molecular complexity index is 413. The Morgan fingerprint density at radius 2 is 2.32 bits per heavy atom. The molecular weight excluding hydrogens is 250 g/mol. The third-order valence-electron chi connectivity index (χ3n) is 2.83. The summed E-state index contributed by atoms with van der Waals surface area (Å²) in [6.45, 7) is 5.57. The molecule has 0 radical (unpaired) electrons. The van der Waals surface area contributed by atoms with Crippen molar-refractivity contribution in [3.63, 3.8) is 0 Å². The van der Waals surface area contributed by atoms with Crippen LogP contribution in [0.2, 0.25) is 0 Å². The van der Waals surface area contributed by atoms with E-state index in [-0.39, 0.29) is 18.1 Å². The molecule has 7 nitrogen and oxygen atoms in total. The van der Waals surface area contributed by atoms with Crippen LogP contribution >= 0.6 is 0 Å². The summed E-state index contributed by atoms with van der Waals surface area (Å²) in [5, 5.41) is 15.4. The Labute approximate surface area is 111 Å². The normalized spacial score (nSPS) is 18.2. The van der Waals surface area contributed by atoms with E-state index in [1.165, 1.54) is 0 Å². The minimum absolute atomic E-state index is 0.199. The van der Waals surface area contributed by atoms with Gasteiger partial charge in [0.25, 0.3) is 5.91 Å². The number of hydrogen-bond acceptors (Lipinski definition) is 6. The summed E-state index contributed by atoms with van der Waals surface area (Å²) in [5.74, 6) is 0.321. The molecule has 1 fully saturated rings. The zero-order valence-corrected chi connectivity index (χ0v) is 11.0. The lowest BCUT2D eigenvalue weighted by Gasteiger charge is -2.25. The van der Waals surface area contributed by atoms with E-state index < -0.39 is 6.10 Å². The molecule has 1 aliphatic heterocycles. The fourth-order valence-electron chi connectivity index (χ4n) is 1.81. The number of aromatic nitrogens is 1. The van der Waals surface area contributed by atoms with Gasteiger partial charge in [-0.2, -0.15) is 0 Å². The molecule has 106 valence electrons. The lowest BCUT2D eigenvalue weighted by Crippen LogP contribution is -2.35. The second kappa shape index (κ2) is 6.65. The van der Waals surface area contributed by atoms with Crippen LogP contribution < -0.4 is 5.32 Å². The van der Waals surface area contributed by atoms with Gasteiger partial charge in [-0.05, 0) is 6.92 Å². The Morgan fingerprint density at radius 1 is 1.58 bits per heavy atom. The maximum Gasteiger partial charge on any atom is 0.273 e. The van der Waals surface area contributed by atoms with Crippen molar-refractivity contribution in [2.75, 3.05) is 32.8 Å². The molecule has 2 rings (SSSR count). The van der Waals surface area contributed by atoms with E-state index in [1.54, 1.807) is 13.0 Å². The minimum atomic E-state index is -0.580. The smallest absolute Gasteiger partial charge is 0.273 e. The number of nitrogens with zero attached hydrogens (tertiary/aromatic N) is 2. The molecule has 1 aliphatic rings. The fraction of sp³-hybridized carbons (Fsp3) is 0.667. The topological polar surface area (TPSA) is 87.8 Å². The predicted molar refractivity (Wildman–Crippen MR) is 66.6 cm³/mol. The van der Waals surface area contributed by atoms with Gasteiger partial charge in [0.05, 0.1) is 25.9 Å². The largest absolute Gasteiger partial charge is 0.392 e. The zero-order valence-electron chi connectivity index (χ0n) is 11.0. The average molecular weight is 269 g/mol. The first kappa shape index (κ1) is 14.0. The Morgan fingerprint density at radius 3 is 3.00 bits per heavy atom. The molecule has 1 saturated heterocycles. The maximum atomic E-state index is 11.7. The van der Waals surface area contributed by atoms with Crippen LogP contribution in [0.4, 0.5) is 0 Å². The van der Waals surface area contributed by atoms with Crippen LogP contribution in [0, 0.1) is 0 Å². The molecule has 0 spiro atoms. The van der Waals surface area contributed by atoms with Gasteiger partial charge in [0.2, 0.25) is 0 Å². The van der Waals surface area contributed by atoms with Crippen LogP contribution in [-0.4, -0.2) is 60.0 Å². The van der Waals surface area contributed by atoms with Crippen molar-refractivity contribution in [1.29, 1.82) is 0 Å². The molecule has 0 unspecified atom stereocenters. The van der Waals surface area contributed by atoms with Gasteiger partial charge < -0.3 is 19.7 Å². The predicted octanol–water partition coefficient (Wildman–Crippen LogP) is -0.383. The Hall–Kier alpha value is -1.44. The zero-order chi connectivity index (χ0) is 13.7. The van der Waals surface area contributed by atoms with Crippen molar-refractivity contribution in [2.24, 2.45) is 0 Å². The molecule has 0 bridgehead atoms. The number of nitrogens with one attached hydrogen (secondary N) is 1. The van der Waals surface area contributed by atoms with E-state index in [0.29, 0.717) is 12.3 Å². The van der Waals surface area contributed by atoms with Crippen LogP contribution in [0.1, 0.15) is 23.2 Å². The van der Waals surface area contributed by atoms with Gasteiger partial charge >= 0.3 is 0 Å². The van der Waals surface area contributed by atoms with Gasteiger partial charge in [-0.3, -0.25) is 9.69 Å². The van der Waals surface area contributed by atoms with Crippen molar-refractivity contribution in [2.45, 2.75) is 19.6 Å². The SMILES string of the molecule is C[C@@H](O)CNC(=O)c1cc(CN2CCOCC2)on1. The number of amides is 1. The van der Waals surface area contributed by atoms with Gasteiger partial charge in [0.15, 0.2) is 11.5 Å². The van der Waals surface area contributed by atoms with Gasteiger partial charge in [-0.25, -0.2) is 0 Å². The number of carbonyl (C=O) groups excluding carboxylic acids is 1. The van der Waals surface area contributed by atoms with Gasteiger partial charge in [-0.1, -0.05) is 5.16 Å². The van der Waals surface area contributed by atoms with Crippen LogP contribution in [0.15, 0.2) is 10.6 Å². The number of aliphatic hydroxyl groups excluding tert-OH is 1. The van der Waals surface area contributed by atoms with E-state index >= 15 is 0 Å². The number of morpholine rings is 1. The molecule has 1 amide bonds. The highest BCUT2D eigenvalue weighted by atomic mass is 16.5. The third kappa shape index (κ3) is 4.30. The molecular formula is C12H19N3O4. The Kier molecular flexibility index (Phi) is 4.89. The number of rotatable bonds is 5. The first-order valence-corrected chi connectivity index (χ1v) is 6.37. The second-order valence-electron chi connectivity index (χ2n) is 4.63. The lowest BCUT2D eigenvalue weighted by molar-refractivity contribution is 0.0305. The molecule has 1 aromatic rings. The highest BCUT2D eigenvalue weighted by molar-refractivity contribution is 5.92. The number of aliphatic hydroxyl groups is 1. The van der Waals surface area contributed by atoms with Gasteiger partial charge in [-0.15, -0.1) is 0 Å². The molecule has 7 heteroatoms. The van der Waals surface area contributed by atoms with E-state index in [4.69, 9.17) is 14.4 Å². The van der Waals surface area contributed by atoms with E-state index in [1.807, 2.05) is 0 Å². The molecule has 0 aliphatic carbocycles. The number of carbonyl (C=O) groups is 1. The molecule has 19 heavy (non-hydrogen) atoms. The van der Waals surface area contributed by atoms with E-state index in [2.05, 4.69) is 15.4 Å². The Balaban J connectivity index is 1.85. The highest BCUT2D eigenvalue weighted by Gasteiger charge is 2.16. The first-order valence-electron chi connectivity index (χ1n) is 6.37. The van der Waals surface area contributed by atoms with Crippen molar-refractivity contribution in [3.8, 4) is 0 Å². The van der Waals surface area contributed by atoms with Crippen molar-refractivity contribution in [1.82, 2.24) is 15.4 Å². The fourth-order valence-corrected chi connectivity index (χ4v) is 1.81. The monoisotopic (exact) mass is 269 g/mol. The van der Waals surface area contributed by atoms with Crippen LogP contribution in [0.5, 0.6) is 0 Å². The highest BCUT2D eigenvalue weighted by Crippen LogP contribution is 2.09. The summed E-state index contributed by atoms with van der Waals surface area (Å²) in [4.78, 5) is 13.9. The summed E-state index contributed by atoms with van der Waals surface area (Å²) < 4.78 is 10.4. The molecule has 2 N–H and O–H groups in total. The molecule has 1 atom stereocenters. The van der Waals surface area contributed by atoms with Crippen molar-refractivity contribution in [3.05, 3.63) is 17.5 Å². The van der Waals surface area contributed by atoms with Crippen LogP contribution in [0.3, 0.4) is 0 Å². The standard InChI is InChI=1S/C12H19N3O4/c1-9(16)7-13-12(17)11-6-10(19-14-11)8-15-2-4-18-5-3-15/h6,9,16H,2-5,7-8H2,1H3,(H,13,17)/t9-/m1/s1. The molecule has 1 aromatic heterocycles. The van der Waals surface area contributed by atoms with E-state index in [0.717, 1.165) is 26.3 Å². The molecule has 2 heterocycles. The van der Waals surface area contributed by atoms with Crippen molar-refractivity contribution < 1.29 is 19.2 Å². The molecule has 0 aromatic carbocycles. The second-order valence-corrected chi connectivity index (χ2v) is 4.63. The number of hydrogen-bond donors (Lipinski definition) is 2. The summed E-state index contributed by atoms with van der Waals surface area (Å²) in [6.07, 6.45) is -0.580. The maximum absolute atomic E-state index is 11.7. The summed E-state index contributed by atoms with van der Waals surface area (Å²) in [7, 11) is 0. The first-order chi connectivity index (χ1) is 9.15. The number of ether oxygens (including phenoxy) is 1. The van der Waals surface area contributed by atoms with Gasteiger partial charge in [0, 0.05) is 25.7 Å². The van der Waals surface area contributed by atoms with Crippen LogP contribution in [0.25, 0.3) is 0 Å². The van der Waals surface area contributed by atoms with E-state index in [9.17, 15) is 4.79 Å². The third-order valence-corrected chi connectivity index (χ3v) is 2.83.